The molecule has 2 amide bonds. The zero-order valence-corrected chi connectivity index (χ0v) is 29.1. The number of carbonyl (C=O) groups is 2. The Bertz CT molecular complexity index is 2280. The maximum atomic E-state index is 14.6. The second-order valence-electron chi connectivity index (χ2n) is 12.6. The van der Waals surface area contributed by atoms with E-state index < -0.39 is 81.3 Å². The van der Waals surface area contributed by atoms with E-state index in [1.165, 1.54) is 60.7 Å². The third kappa shape index (κ3) is 8.70. The molecule has 6 aromatic carbocycles. The summed E-state index contributed by atoms with van der Waals surface area (Å²) in [6.45, 7) is 0. The molecular weight excluding hydrogens is 792 g/mol. The van der Waals surface area contributed by atoms with Gasteiger partial charge < -0.3 is 10.6 Å². The summed E-state index contributed by atoms with van der Waals surface area (Å²) in [6.07, 6.45) is -19.8. The van der Waals surface area contributed by atoms with E-state index in [4.69, 9.17) is 0 Å². The van der Waals surface area contributed by atoms with Crippen LogP contribution in [-0.4, -0.2) is 11.8 Å². The lowest BCUT2D eigenvalue weighted by molar-refractivity contribution is -0.138. The number of hydrogen-bond acceptors (Lipinski definition) is 2. The lowest BCUT2D eigenvalue weighted by atomic mass is 9.90. The smallest absolute Gasteiger partial charge is 0.317 e. The van der Waals surface area contributed by atoms with Crippen molar-refractivity contribution < 1.29 is 62.3 Å². The molecule has 58 heavy (non-hydrogen) atoms. The van der Waals surface area contributed by atoms with E-state index in [-0.39, 0.29) is 33.4 Å². The Morgan fingerprint density at radius 3 is 0.931 bits per heavy atom. The number of hydrogen-bond donors (Lipinski definition) is 2. The highest BCUT2D eigenvalue weighted by atomic mass is 19.4. The second-order valence-corrected chi connectivity index (χ2v) is 12.6. The second kappa shape index (κ2) is 15.4. The molecule has 0 atom stereocenters. The van der Waals surface area contributed by atoms with Gasteiger partial charge in [-0.3, -0.25) is 9.59 Å². The fourth-order valence-electron chi connectivity index (χ4n) is 6.25. The van der Waals surface area contributed by atoms with Gasteiger partial charge in [-0.05, 0) is 58.7 Å². The van der Waals surface area contributed by atoms with Crippen LogP contribution in [0.4, 0.5) is 64.1 Å². The van der Waals surface area contributed by atoms with Crippen LogP contribution in [0.3, 0.4) is 0 Å². The van der Waals surface area contributed by atoms with Crippen molar-refractivity contribution in [3.63, 3.8) is 0 Å². The maximum Gasteiger partial charge on any atom is 0.417 e. The van der Waals surface area contributed by atoms with E-state index in [2.05, 4.69) is 10.6 Å². The quantitative estimate of drug-likeness (QED) is 0.130. The monoisotopic (exact) mass is 816 g/mol. The molecule has 16 heteroatoms. The molecule has 0 saturated heterocycles. The highest BCUT2D eigenvalue weighted by Crippen LogP contribution is 2.48. The Hall–Kier alpha value is -6.58. The number of alkyl halides is 12. The van der Waals surface area contributed by atoms with Crippen LogP contribution >= 0.6 is 0 Å². The zero-order valence-electron chi connectivity index (χ0n) is 29.1. The van der Waals surface area contributed by atoms with Crippen LogP contribution in [0.1, 0.15) is 22.3 Å². The fourth-order valence-corrected chi connectivity index (χ4v) is 6.25. The molecular formula is C42H24F12N2O2. The van der Waals surface area contributed by atoms with Crippen molar-refractivity contribution in [1.82, 2.24) is 0 Å². The molecule has 0 bridgehead atoms. The van der Waals surface area contributed by atoms with Crippen molar-refractivity contribution in [2.45, 2.75) is 24.7 Å². The molecule has 0 spiro atoms. The highest BCUT2D eigenvalue weighted by molar-refractivity contribution is 6.44. The molecule has 298 valence electrons. The van der Waals surface area contributed by atoms with Crippen LogP contribution in [0.25, 0.3) is 44.5 Å². The van der Waals surface area contributed by atoms with Crippen LogP contribution < -0.4 is 10.6 Å². The fraction of sp³-hybridized carbons (Fsp3) is 0.0952. The third-order valence-electron chi connectivity index (χ3n) is 8.88. The predicted octanol–water partition coefficient (Wildman–Crippen LogP) is 13.0. The number of carbonyl (C=O) groups excluding carboxylic acids is 2. The molecule has 6 rings (SSSR count). The largest absolute Gasteiger partial charge is 0.417 e. The van der Waals surface area contributed by atoms with E-state index in [1.54, 1.807) is 0 Å². The van der Waals surface area contributed by atoms with Crippen LogP contribution in [0, 0.1) is 0 Å². The summed E-state index contributed by atoms with van der Waals surface area (Å²) in [5, 5.41) is 4.24. The van der Waals surface area contributed by atoms with Crippen LogP contribution in [0.5, 0.6) is 0 Å². The molecule has 4 nitrogen and oxygen atoms in total. The summed E-state index contributed by atoms with van der Waals surface area (Å²) in [4.78, 5) is 27.7. The van der Waals surface area contributed by atoms with Crippen molar-refractivity contribution >= 4 is 23.2 Å². The minimum atomic E-state index is -5.09. The van der Waals surface area contributed by atoms with Crippen molar-refractivity contribution in [3.05, 3.63) is 156 Å². The van der Waals surface area contributed by atoms with E-state index in [9.17, 15) is 62.3 Å². The molecule has 6 aromatic rings. The van der Waals surface area contributed by atoms with Crippen LogP contribution in [0.15, 0.2) is 133 Å². The van der Waals surface area contributed by atoms with E-state index in [1.807, 2.05) is 0 Å². The molecule has 0 radical (unpaired) electrons. The summed E-state index contributed by atoms with van der Waals surface area (Å²) in [6, 6.07) is 22.7. The summed E-state index contributed by atoms with van der Waals surface area (Å²) >= 11 is 0. The topological polar surface area (TPSA) is 58.2 Å². The van der Waals surface area contributed by atoms with Gasteiger partial charge in [-0.2, -0.15) is 52.7 Å². The number of nitrogens with one attached hydrogen (secondary N) is 2. The normalized spacial score (nSPS) is 12.3. The van der Waals surface area contributed by atoms with E-state index >= 15 is 0 Å². The average Bonchev–Trinajstić information content (AvgIpc) is 3.17. The van der Waals surface area contributed by atoms with Gasteiger partial charge in [0, 0.05) is 22.3 Å². The van der Waals surface area contributed by atoms with Crippen molar-refractivity contribution in [2.24, 2.45) is 0 Å². The maximum absolute atomic E-state index is 14.6. The first-order valence-electron chi connectivity index (χ1n) is 16.7. The number of amides is 2. The number of halogens is 12. The van der Waals surface area contributed by atoms with Gasteiger partial charge in [0.1, 0.15) is 0 Å². The standard InChI is InChI=1S/C42H24F12N2O2/c43-39(44,45)27-15-11-23(12-16-27)29-19-21-31(41(49,50)51)33(25-7-3-1-4-8-25)35(29)55-37(57)38(58)56-36-30(24-13-17-28(18-14-24)40(46,47)48)20-22-32(42(52,53)54)34(36)26-9-5-2-6-10-26/h1-22H,(H,55,57)(H,56,58). The van der Waals surface area contributed by atoms with Crippen molar-refractivity contribution in [3.8, 4) is 44.5 Å². The highest BCUT2D eigenvalue weighted by Gasteiger charge is 2.39. The number of benzene rings is 6. The van der Waals surface area contributed by atoms with Gasteiger partial charge in [-0.25, -0.2) is 0 Å². The lowest BCUT2D eigenvalue weighted by Crippen LogP contribution is -2.30. The number of anilines is 2. The summed E-state index contributed by atoms with van der Waals surface area (Å²) in [5.74, 6) is -3.45. The van der Waals surface area contributed by atoms with Gasteiger partial charge >= 0.3 is 36.5 Å². The Morgan fingerprint density at radius 2 is 0.655 bits per heavy atom. The molecule has 0 heterocycles. The van der Waals surface area contributed by atoms with Crippen LogP contribution in [0.2, 0.25) is 0 Å². The first-order valence-corrected chi connectivity index (χ1v) is 16.7. The Morgan fingerprint density at radius 1 is 0.345 bits per heavy atom. The minimum Gasteiger partial charge on any atom is -0.317 e. The first-order chi connectivity index (χ1) is 27.1. The minimum absolute atomic E-state index is 0.122. The van der Waals surface area contributed by atoms with E-state index in [0.717, 1.165) is 36.4 Å². The van der Waals surface area contributed by atoms with Gasteiger partial charge in [0.25, 0.3) is 0 Å². The molecule has 0 unspecified atom stereocenters. The third-order valence-corrected chi connectivity index (χ3v) is 8.88. The van der Waals surface area contributed by atoms with Gasteiger partial charge in [-0.15, -0.1) is 0 Å². The van der Waals surface area contributed by atoms with Crippen molar-refractivity contribution in [1.29, 1.82) is 0 Å². The summed E-state index contributed by atoms with van der Waals surface area (Å²) < 4.78 is 168. The first kappa shape index (κ1) is 41.1. The molecule has 0 fully saturated rings. The van der Waals surface area contributed by atoms with Crippen molar-refractivity contribution in [2.75, 3.05) is 10.6 Å². The predicted molar refractivity (Wildman–Crippen MR) is 192 cm³/mol. The number of rotatable bonds is 6. The Balaban J connectivity index is 1.53. The van der Waals surface area contributed by atoms with Gasteiger partial charge in [0.2, 0.25) is 0 Å². The molecule has 0 saturated carbocycles. The van der Waals surface area contributed by atoms with Gasteiger partial charge in [-0.1, -0.05) is 97.1 Å². The Kier molecular flexibility index (Phi) is 10.9. The average molecular weight is 817 g/mol. The van der Waals surface area contributed by atoms with Gasteiger partial charge in [0.05, 0.1) is 33.6 Å². The molecule has 0 aromatic heterocycles. The molecule has 2 N–H and O–H groups in total. The van der Waals surface area contributed by atoms with E-state index in [0.29, 0.717) is 36.4 Å². The van der Waals surface area contributed by atoms with Crippen LogP contribution in [-0.2, 0) is 34.3 Å². The zero-order chi connectivity index (χ0) is 42.2. The SMILES string of the molecule is O=C(Nc1c(-c2ccc(C(F)(F)F)cc2)ccc(C(F)(F)F)c1-c1ccccc1)C(=O)Nc1c(-c2ccc(C(F)(F)F)cc2)ccc(C(F)(F)F)c1-c1ccccc1. The molecule has 0 aliphatic carbocycles. The molecule has 0 aliphatic rings. The summed E-state index contributed by atoms with van der Waals surface area (Å²) in [5.41, 5.74) is -8.67. The lowest BCUT2D eigenvalue weighted by Gasteiger charge is -2.23. The Labute approximate surface area is 320 Å². The molecule has 0 aliphatic heterocycles. The summed E-state index contributed by atoms with van der Waals surface area (Å²) in [7, 11) is 0. The van der Waals surface area contributed by atoms with Gasteiger partial charge in [0.15, 0.2) is 0 Å².